The number of imidazole rings is 1. The molecule has 0 aliphatic rings. The minimum Gasteiger partial charge on any atom is -0.382 e. The normalized spacial score (nSPS) is 11.3. The van der Waals surface area contributed by atoms with E-state index in [4.69, 9.17) is 10.7 Å². The van der Waals surface area contributed by atoms with Gasteiger partial charge in [0.15, 0.2) is 0 Å². The largest absolute Gasteiger partial charge is 0.382 e. The smallest absolute Gasteiger partial charge is 0.296 e. The van der Waals surface area contributed by atoms with E-state index in [9.17, 15) is 9.59 Å². The van der Waals surface area contributed by atoms with Crippen LogP contribution in [0.15, 0.2) is 61.1 Å². The van der Waals surface area contributed by atoms with Gasteiger partial charge >= 0.3 is 0 Å². The molecule has 3 aromatic heterocycles. The highest BCUT2D eigenvalue weighted by molar-refractivity contribution is 6.04. The van der Waals surface area contributed by atoms with E-state index >= 15 is 0 Å². The second kappa shape index (κ2) is 9.20. The number of nitrogen functional groups attached to an aromatic ring is 1. The zero-order valence-corrected chi connectivity index (χ0v) is 18.0. The number of nitrogens with zero attached hydrogens (tertiary/aromatic N) is 4. The third-order valence-electron chi connectivity index (χ3n) is 4.91. The molecule has 0 spiro atoms. The van der Waals surface area contributed by atoms with Crippen LogP contribution in [0.25, 0.3) is 16.8 Å². The number of nitrogens with two attached hydrogens (primary N) is 1. The number of pyridine rings is 1. The van der Waals surface area contributed by atoms with E-state index < -0.39 is 11.9 Å². The number of anilines is 2. The highest BCUT2D eigenvalue weighted by Gasteiger charge is 2.21. The summed E-state index contributed by atoms with van der Waals surface area (Å²) in [5, 5.41) is 5.56. The topological polar surface area (TPSA) is 127 Å². The van der Waals surface area contributed by atoms with E-state index in [0.29, 0.717) is 34.2 Å². The highest BCUT2D eigenvalue weighted by Crippen LogP contribution is 2.30. The summed E-state index contributed by atoms with van der Waals surface area (Å²) in [5.41, 5.74) is 8.59. The quantitative estimate of drug-likeness (QED) is 0.410. The SMILES string of the molecule is CC#CC(=O)N[C@@H](C)c1nc(-c2ccc(C(=O)Nc3ccccn3)cc2)c2c(N)nccn12. The van der Waals surface area contributed by atoms with Crippen LogP contribution in [0.1, 0.15) is 36.1 Å². The molecule has 2 amide bonds. The summed E-state index contributed by atoms with van der Waals surface area (Å²) in [7, 11) is 0. The molecule has 4 aromatic rings. The molecule has 0 saturated heterocycles. The van der Waals surface area contributed by atoms with Gasteiger partial charge in [-0.15, -0.1) is 0 Å². The third-order valence-corrected chi connectivity index (χ3v) is 4.91. The first-order valence-corrected chi connectivity index (χ1v) is 10.2. The number of amides is 2. The first kappa shape index (κ1) is 21.5. The van der Waals surface area contributed by atoms with Crippen molar-refractivity contribution in [3.63, 3.8) is 0 Å². The van der Waals surface area contributed by atoms with Crippen molar-refractivity contribution in [2.24, 2.45) is 0 Å². The maximum Gasteiger partial charge on any atom is 0.296 e. The molecule has 0 unspecified atom stereocenters. The number of carbonyl (C=O) groups is 2. The highest BCUT2D eigenvalue weighted by atomic mass is 16.2. The van der Waals surface area contributed by atoms with Crippen LogP contribution in [0.4, 0.5) is 11.6 Å². The molecule has 4 N–H and O–H groups in total. The van der Waals surface area contributed by atoms with Gasteiger partial charge in [-0.25, -0.2) is 15.0 Å². The summed E-state index contributed by atoms with van der Waals surface area (Å²) in [6, 6.07) is 11.8. The van der Waals surface area contributed by atoms with E-state index in [2.05, 4.69) is 32.4 Å². The Bertz CT molecular complexity index is 1380. The van der Waals surface area contributed by atoms with Crippen LogP contribution >= 0.6 is 0 Å². The molecule has 0 radical (unpaired) electrons. The number of rotatable bonds is 5. The Morgan fingerprint density at radius 3 is 2.58 bits per heavy atom. The standard InChI is InChI=1S/C24H21N7O2/c1-3-6-19(32)28-15(2)23-30-20(21-22(25)27-13-14-31(21)23)16-8-10-17(11-9-16)24(33)29-18-7-4-5-12-26-18/h4-5,7-15H,1-2H3,(H2,25,27)(H,28,32)(H,26,29,33)/t15-/m0/s1. The molecule has 164 valence electrons. The van der Waals surface area contributed by atoms with Crippen molar-refractivity contribution in [2.45, 2.75) is 19.9 Å². The van der Waals surface area contributed by atoms with Crippen molar-refractivity contribution in [3.05, 3.63) is 72.4 Å². The van der Waals surface area contributed by atoms with Gasteiger partial charge in [0.25, 0.3) is 11.8 Å². The molecule has 0 fully saturated rings. The van der Waals surface area contributed by atoms with Crippen LogP contribution in [-0.2, 0) is 4.79 Å². The predicted molar refractivity (Wildman–Crippen MR) is 125 cm³/mol. The van der Waals surface area contributed by atoms with Gasteiger partial charge < -0.3 is 16.4 Å². The predicted octanol–water partition coefficient (Wildman–Crippen LogP) is 2.83. The Morgan fingerprint density at radius 1 is 1.09 bits per heavy atom. The number of hydrogen-bond acceptors (Lipinski definition) is 6. The molecular formula is C24H21N7O2. The molecule has 1 aromatic carbocycles. The fourth-order valence-corrected chi connectivity index (χ4v) is 3.41. The molecule has 9 nitrogen and oxygen atoms in total. The molecule has 0 bridgehead atoms. The van der Waals surface area contributed by atoms with Crippen LogP contribution in [0.5, 0.6) is 0 Å². The summed E-state index contributed by atoms with van der Waals surface area (Å²) >= 11 is 0. The van der Waals surface area contributed by atoms with Crippen LogP contribution in [-0.4, -0.2) is 31.2 Å². The minimum atomic E-state index is -0.426. The van der Waals surface area contributed by atoms with Crippen molar-refractivity contribution < 1.29 is 9.59 Å². The maximum absolute atomic E-state index is 12.5. The summed E-state index contributed by atoms with van der Waals surface area (Å²) in [5.74, 6) is 5.72. The van der Waals surface area contributed by atoms with Gasteiger partial charge in [-0.3, -0.25) is 14.0 Å². The number of nitrogens with one attached hydrogen (secondary N) is 2. The lowest BCUT2D eigenvalue weighted by Gasteiger charge is -2.10. The van der Waals surface area contributed by atoms with Gasteiger partial charge in [0.05, 0.1) is 6.04 Å². The van der Waals surface area contributed by atoms with Crippen LogP contribution in [0.2, 0.25) is 0 Å². The Kier molecular flexibility index (Phi) is 6.00. The first-order valence-electron chi connectivity index (χ1n) is 10.2. The van der Waals surface area contributed by atoms with Crippen LogP contribution in [0, 0.1) is 11.8 Å². The van der Waals surface area contributed by atoms with E-state index in [0.717, 1.165) is 5.56 Å². The summed E-state index contributed by atoms with van der Waals surface area (Å²) in [6.45, 7) is 3.41. The number of fused-ring (bicyclic) bond motifs is 1. The minimum absolute atomic E-state index is 0.273. The van der Waals surface area contributed by atoms with E-state index in [1.165, 1.54) is 0 Å². The fourth-order valence-electron chi connectivity index (χ4n) is 3.41. The lowest BCUT2D eigenvalue weighted by atomic mass is 10.1. The van der Waals surface area contributed by atoms with E-state index in [1.807, 2.05) is 6.92 Å². The van der Waals surface area contributed by atoms with Crippen molar-refractivity contribution in [3.8, 4) is 23.1 Å². The van der Waals surface area contributed by atoms with Gasteiger partial charge in [0.2, 0.25) is 0 Å². The Labute approximate surface area is 190 Å². The van der Waals surface area contributed by atoms with Crippen molar-refractivity contribution >= 4 is 29.0 Å². The Balaban J connectivity index is 1.67. The molecule has 4 rings (SSSR count). The zero-order chi connectivity index (χ0) is 23.4. The van der Waals surface area contributed by atoms with Gasteiger partial charge in [-0.1, -0.05) is 24.1 Å². The molecule has 0 aliphatic carbocycles. The number of benzene rings is 1. The average Bonchev–Trinajstić information content (AvgIpc) is 3.21. The van der Waals surface area contributed by atoms with Crippen LogP contribution < -0.4 is 16.4 Å². The van der Waals surface area contributed by atoms with Gasteiger partial charge in [0.1, 0.15) is 28.7 Å². The van der Waals surface area contributed by atoms with E-state index in [1.54, 1.807) is 72.4 Å². The lowest BCUT2D eigenvalue weighted by Crippen LogP contribution is -2.26. The summed E-state index contributed by atoms with van der Waals surface area (Å²) in [6.07, 6.45) is 4.92. The van der Waals surface area contributed by atoms with Gasteiger partial charge in [-0.2, -0.15) is 0 Å². The van der Waals surface area contributed by atoms with Crippen molar-refractivity contribution in [1.29, 1.82) is 0 Å². The summed E-state index contributed by atoms with van der Waals surface area (Å²) in [4.78, 5) is 37.5. The van der Waals surface area contributed by atoms with Crippen LogP contribution in [0.3, 0.4) is 0 Å². The zero-order valence-electron chi connectivity index (χ0n) is 18.0. The molecule has 9 heteroatoms. The number of hydrogen-bond donors (Lipinski definition) is 3. The molecule has 1 atom stereocenters. The molecule has 0 aliphatic heterocycles. The molecule has 33 heavy (non-hydrogen) atoms. The number of aromatic nitrogens is 4. The van der Waals surface area contributed by atoms with Gasteiger partial charge in [0, 0.05) is 29.7 Å². The first-order chi connectivity index (χ1) is 16.0. The number of carbonyl (C=O) groups excluding carboxylic acids is 2. The fraction of sp³-hybridized carbons (Fsp3) is 0.125. The monoisotopic (exact) mass is 439 g/mol. The summed E-state index contributed by atoms with van der Waals surface area (Å²) < 4.78 is 1.80. The Morgan fingerprint density at radius 2 is 1.88 bits per heavy atom. The van der Waals surface area contributed by atoms with E-state index in [-0.39, 0.29) is 5.91 Å². The molecular weight excluding hydrogens is 418 g/mol. The average molecular weight is 439 g/mol. The van der Waals surface area contributed by atoms with Crippen molar-refractivity contribution in [2.75, 3.05) is 11.1 Å². The second-order valence-corrected chi connectivity index (χ2v) is 7.17. The molecule has 0 saturated carbocycles. The van der Waals surface area contributed by atoms with Crippen molar-refractivity contribution in [1.82, 2.24) is 24.7 Å². The second-order valence-electron chi connectivity index (χ2n) is 7.17. The Hall–Kier alpha value is -4.71. The van der Waals surface area contributed by atoms with Gasteiger partial charge in [-0.05, 0) is 44.0 Å². The third kappa shape index (κ3) is 4.50. The molecule has 3 heterocycles. The maximum atomic E-state index is 12.5. The lowest BCUT2D eigenvalue weighted by molar-refractivity contribution is -0.116.